The number of hydrogen-bond acceptors (Lipinski definition) is 0. The van der Waals surface area contributed by atoms with Gasteiger partial charge in [-0.2, -0.15) is 0 Å². The van der Waals surface area contributed by atoms with Crippen LogP contribution in [0.25, 0.3) is 0 Å². The highest BCUT2D eigenvalue weighted by Gasteiger charge is 2.52. The van der Waals surface area contributed by atoms with E-state index in [0.717, 1.165) is 39.0 Å². The van der Waals surface area contributed by atoms with E-state index in [1.807, 2.05) is 118 Å². The predicted octanol–water partition coefficient (Wildman–Crippen LogP) is 14.0. The lowest BCUT2D eigenvalue weighted by atomic mass is 9.66. The summed E-state index contributed by atoms with van der Waals surface area (Å²) >= 11 is 0. The highest BCUT2D eigenvalue weighted by molar-refractivity contribution is 5.81. The number of unbranched alkanes of at least 4 members (excludes halogenated alkanes) is 1. The van der Waals surface area contributed by atoms with E-state index < -0.39 is 5.41 Å². The zero-order valence-corrected chi connectivity index (χ0v) is 28.9. The van der Waals surface area contributed by atoms with Crippen LogP contribution in [0, 0.1) is 5.41 Å². The van der Waals surface area contributed by atoms with Gasteiger partial charge in [-0.15, -0.1) is 6.58 Å². The Labute approximate surface area is 253 Å². The normalized spacial score (nSPS) is 13.4. The Hall–Kier alpha value is -3.12. The SMILES string of the molecule is C=CCC1=C(C=C)C(C=C)=C(C=C)C12C(C=C)=C(C=C)C(C=C)=C2C=C.CC.CC.CC.CC.CC.CCCC. The molecular weight excluding hydrogens is 480 g/mol. The molecule has 0 heteroatoms. The van der Waals surface area contributed by atoms with Gasteiger partial charge in [0.1, 0.15) is 0 Å². The molecule has 2 aliphatic carbocycles. The average Bonchev–Trinajstić information content (AvgIpc) is 3.49. The fraction of sp³-hybridized carbons (Fsp3) is 0.400. The van der Waals surface area contributed by atoms with Crippen molar-refractivity contribution in [3.63, 3.8) is 0 Å². The molecule has 0 unspecified atom stereocenters. The Kier molecular flexibility index (Phi) is 35.5. The molecule has 0 radical (unpaired) electrons. The van der Waals surface area contributed by atoms with Gasteiger partial charge >= 0.3 is 0 Å². The van der Waals surface area contributed by atoms with Crippen LogP contribution in [0.2, 0.25) is 0 Å². The Morgan fingerprint density at radius 2 is 0.675 bits per heavy atom. The summed E-state index contributed by atoms with van der Waals surface area (Å²) in [7, 11) is 0. The summed E-state index contributed by atoms with van der Waals surface area (Å²) < 4.78 is 0. The predicted molar refractivity (Wildman–Crippen MR) is 194 cm³/mol. The van der Waals surface area contributed by atoms with E-state index in [1.54, 1.807) is 0 Å². The maximum absolute atomic E-state index is 4.10. The van der Waals surface area contributed by atoms with Crippen LogP contribution in [-0.4, -0.2) is 0 Å². The summed E-state index contributed by atoms with van der Waals surface area (Å²) in [6.45, 7) is 56.8. The highest BCUT2D eigenvalue weighted by Crippen LogP contribution is 2.63. The third kappa shape index (κ3) is 10.1. The number of hydrogen-bond donors (Lipinski definition) is 0. The summed E-state index contributed by atoms with van der Waals surface area (Å²) in [4.78, 5) is 0. The molecule has 0 saturated heterocycles. The molecule has 0 bridgehead atoms. The third-order valence-corrected chi connectivity index (χ3v) is 5.72. The smallest absolute Gasteiger partial charge is 0.0690 e. The van der Waals surface area contributed by atoms with Gasteiger partial charge in [0.15, 0.2) is 0 Å². The van der Waals surface area contributed by atoms with Crippen molar-refractivity contribution in [1.29, 1.82) is 0 Å². The van der Waals surface area contributed by atoms with E-state index in [9.17, 15) is 0 Å². The van der Waals surface area contributed by atoms with Crippen molar-refractivity contribution in [2.24, 2.45) is 5.41 Å². The van der Waals surface area contributed by atoms with Gasteiger partial charge in [-0.1, -0.05) is 191 Å². The second-order valence-corrected chi connectivity index (χ2v) is 7.05. The minimum absolute atomic E-state index is 0.542. The maximum atomic E-state index is 4.10. The number of rotatable bonds is 10. The standard InChI is InChI=1S/C26H26.C4H10.5C2H6/c1-9-17-25-21(13-5)20(12-4)24(16-8)26(25)22(14-6)18(10-2)19(11-3)23(26)15-7;1-3-4-2;5*1-2/h9-16H,1-8,17H2;3-4H2,1-2H3;5*1-2H3. The van der Waals surface area contributed by atoms with Crippen LogP contribution in [0.15, 0.2) is 146 Å². The quantitative estimate of drug-likeness (QED) is 0.239. The molecule has 0 aromatic carbocycles. The van der Waals surface area contributed by atoms with Crippen molar-refractivity contribution < 1.29 is 0 Å². The molecule has 2 rings (SSSR count). The van der Waals surface area contributed by atoms with Crippen molar-refractivity contribution in [1.82, 2.24) is 0 Å². The molecule has 226 valence electrons. The lowest BCUT2D eigenvalue weighted by molar-refractivity contribution is 0.659. The van der Waals surface area contributed by atoms with Crippen LogP contribution in [0.5, 0.6) is 0 Å². The van der Waals surface area contributed by atoms with Crippen molar-refractivity contribution in [3.05, 3.63) is 146 Å². The van der Waals surface area contributed by atoms with Crippen LogP contribution >= 0.6 is 0 Å². The van der Waals surface area contributed by atoms with Gasteiger partial charge in [0.2, 0.25) is 0 Å². The summed E-state index contributed by atoms with van der Waals surface area (Å²) in [5.74, 6) is 0. The molecule has 2 aliphatic rings. The molecule has 0 aromatic heterocycles. The van der Waals surface area contributed by atoms with Gasteiger partial charge < -0.3 is 0 Å². The zero-order valence-electron chi connectivity index (χ0n) is 28.9. The third-order valence-electron chi connectivity index (χ3n) is 5.72. The minimum atomic E-state index is -0.542. The first-order valence-electron chi connectivity index (χ1n) is 15.5. The topological polar surface area (TPSA) is 0 Å². The van der Waals surface area contributed by atoms with Crippen molar-refractivity contribution in [3.8, 4) is 0 Å². The summed E-state index contributed by atoms with van der Waals surface area (Å²) in [6, 6.07) is 0. The molecule has 0 fully saturated rings. The molecule has 0 nitrogen and oxygen atoms in total. The minimum Gasteiger partial charge on any atom is -0.103 e. The zero-order chi connectivity index (χ0) is 32.9. The molecule has 40 heavy (non-hydrogen) atoms. The van der Waals surface area contributed by atoms with Gasteiger partial charge in [-0.25, -0.2) is 0 Å². The molecule has 0 N–H and O–H groups in total. The first-order valence-corrected chi connectivity index (χ1v) is 15.5. The maximum Gasteiger partial charge on any atom is 0.0690 e. The largest absolute Gasteiger partial charge is 0.103 e. The van der Waals surface area contributed by atoms with Gasteiger partial charge in [-0.3, -0.25) is 0 Å². The molecule has 0 atom stereocenters. The van der Waals surface area contributed by atoms with Crippen LogP contribution in [0.4, 0.5) is 0 Å². The molecule has 0 heterocycles. The average molecular weight is 547 g/mol. The second-order valence-electron chi connectivity index (χ2n) is 7.05. The first kappa shape index (κ1) is 46.7. The lowest BCUT2D eigenvalue weighted by Gasteiger charge is -2.35. The Bertz CT molecular complexity index is 861. The van der Waals surface area contributed by atoms with Gasteiger partial charge in [0.05, 0.1) is 5.41 Å². The molecular formula is C40H66. The van der Waals surface area contributed by atoms with Gasteiger partial charge in [-0.05, 0) is 51.0 Å². The van der Waals surface area contributed by atoms with E-state index in [-0.39, 0.29) is 0 Å². The Morgan fingerprint density at radius 1 is 0.425 bits per heavy atom. The first-order chi connectivity index (χ1) is 19.5. The van der Waals surface area contributed by atoms with Gasteiger partial charge in [0.25, 0.3) is 0 Å². The molecule has 0 aliphatic heterocycles. The van der Waals surface area contributed by atoms with E-state index in [0.29, 0.717) is 6.42 Å². The van der Waals surface area contributed by atoms with Crippen LogP contribution in [0.1, 0.15) is 102 Å². The summed E-state index contributed by atoms with van der Waals surface area (Å²) in [6.07, 6.45) is 18.4. The Balaban J connectivity index is -0.000000250. The molecule has 0 aromatic rings. The molecule has 0 saturated carbocycles. The van der Waals surface area contributed by atoms with Crippen LogP contribution < -0.4 is 0 Å². The fourth-order valence-electron chi connectivity index (χ4n) is 4.42. The highest BCUT2D eigenvalue weighted by atomic mass is 14.5. The van der Waals surface area contributed by atoms with E-state index >= 15 is 0 Å². The second kappa shape index (κ2) is 30.4. The van der Waals surface area contributed by atoms with Crippen LogP contribution in [-0.2, 0) is 0 Å². The summed E-state index contributed by atoms with van der Waals surface area (Å²) in [5.41, 5.74) is 7.91. The van der Waals surface area contributed by atoms with Crippen molar-refractivity contribution >= 4 is 0 Å². The van der Waals surface area contributed by atoms with Crippen molar-refractivity contribution in [2.75, 3.05) is 0 Å². The van der Waals surface area contributed by atoms with Crippen molar-refractivity contribution in [2.45, 2.75) is 102 Å². The number of allylic oxidation sites excluding steroid dienone is 16. The van der Waals surface area contributed by atoms with Gasteiger partial charge in [0, 0.05) is 0 Å². The molecule has 0 amide bonds. The Morgan fingerprint density at radius 3 is 0.850 bits per heavy atom. The van der Waals surface area contributed by atoms with E-state index in [4.69, 9.17) is 0 Å². The van der Waals surface area contributed by atoms with Crippen LogP contribution in [0.3, 0.4) is 0 Å². The monoisotopic (exact) mass is 547 g/mol. The van der Waals surface area contributed by atoms with E-state index in [2.05, 4.69) is 66.5 Å². The lowest BCUT2D eigenvalue weighted by Crippen LogP contribution is -2.25. The summed E-state index contributed by atoms with van der Waals surface area (Å²) in [5, 5.41) is 0. The molecule has 1 spiro atoms. The van der Waals surface area contributed by atoms with E-state index in [1.165, 1.54) is 18.4 Å². The fourth-order valence-corrected chi connectivity index (χ4v) is 4.42.